The van der Waals surface area contributed by atoms with Crippen LogP contribution in [0, 0.1) is 11.3 Å². The second kappa shape index (κ2) is 9.19. The summed E-state index contributed by atoms with van der Waals surface area (Å²) in [5.74, 6) is 0.513. The molecule has 1 atom stereocenters. The van der Waals surface area contributed by atoms with Crippen LogP contribution >= 0.6 is 0 Å². The van der Waals surface area contributed by atoms with Crippen LogP contribution in [0.25, 0.3) is 0 Å². The van der Waals surface area contributed by atoms with Gasteiger partial charge < -0.3 is 9.47 Å². The molecule has 0 aliphatic carbocycles. The minimum atomic E-state index is 0.0394. The highest BCUT2D eigenvalue weighted by atomic mass is 16.5. The van der Waals surface area contributed by atoms with Gasteiger partial charge in [0.15, 0.2) is 0 Å². The minimum Gasteiger partial charge on any atom is -0.473 e. The van der Waals surface area contributed by atoms with Gasteiger partial charge in [0.1, 0.15) is 17.9 Å². The van der Waals surface area contributed by atoms with E-state index in [1.54, 1.807) is 18.2 Å². The van der Waals surface area contributed by atoms with Crippen LogP contribution in [0.2, 0.25) is 0 Å². The largest absolute Gasteiger partial charge is 0.473 e. The van der Waals surface area contributed by atoms with Gasteiger partial charge in [0.25, 0.3) is 0 Å². The van der Waals surface area contributed by atoms with E-state index in [0.717, 1.165) is 52.1 Å². The third kappa shape index (κ3) is 5.47. The maximum Gasteiger partial charge on any atom is 0.214 e. The average Bonchev–Trinajstić information content (AvgIpc) is 2.81. The molecule has 5 nitrogen and oxygen atoms in total. The summed E-state index contributed by atoms with van der Waals surface area (Å²) >= 11 is 0. The van der Waals surface area contributed by atoms with Crippen molar-refractivity contribution in [1.82, 2.24) is 9.88 Å². The third-order valence-electron chi connectivity index (χ3n) is 3.59. The van der Waals surface area contributed by atoms with Crippen molar-refractivity contribution in [2.75, 3.05) is 32.8 Å². The van der Waals surface area contributed by atoms with Crippen LogP contribution < -0.4 is 4.74 Å². The molecular weight excluding hydrogens is 278 g/mol. The third-order valence-corrected chi connectivity index (χ3v) is 3.59. The Morgan fingerprint density at radius 2 is 2.36 bits per heavy atom. The molecule has 0 radical (unpaired) electrons. The van der Waals surface area contributed by atoms with Gasteiger partial charge in [-0.3, -0.25) is 4.90 Å². The van der Waals surface area contributed by atoms with Crippen molar-refractivity contribution < 1.29 is 9.47 Å². The molecule has 1 aliphatic rings. The van der Waals surface area contributed by atoms with E-state index in [0.29, 0.717) is 11.6 Å². The standard InChI is InChI=1S/C17H23N3O2/c1-2-3-7-16(14-20-9-5-11-21-12-10-20)22-17-8-4-6-15(13-18)19-17/h2,4,6,8,16H,1,3,5,7,9-12,14H2/t16-/m0/s1. The van der Waals surface area contributed by atoms with Crippen LogP contribution in [0.1, 0.15) is 25.0 Å². The summed E-state index contributed by atoms with van der Waals surface area (Å²) in [6, 6.07) is 7.31. The highest BCUT2D eigenvalue weighted by Crippen LogP contribution is 2.14. The summed E-state index contributed by atoms with van der Waals surface area (Å²) in [5, 5.41) is 8.93. The van der Waals surface area contributed by atoms with Crippen molar-refractivity contribution in [3.8, 4) is 11.9 Å². The number of pyridine rings is 1. The average molecular weight is 301 g/mol. The lowest BCUT2D eigenvalue weighted by Gasteiger charge is -2.26. The molecule has 2 rings (SSSR count). The molecule has 1 aliphatic heterocycles. The van der Waals surface area contributed by atoms with Crippen molar-refractivity contribution in [2.24, 2.45) is 0 Å². The molecule has 22 heavy (non-hydrogen) atoms. The molecule has 0 spiro atoms. The molecule has 0 bridgehead atoms. The molecule has 0 amide bonds. The smallest absolute Gasteiger partial charge is 0.214 e. The second-order valence-corrected chi connectivity index (χ2v) is 5.35. The number of allylic oxidation sites excluding steroid dienone is 1. The highest BCUT2D eigenvalue weighted by Gasteiger charge is 2.17. The normalized spacial score (nSPS) is 17.2. The fourth-order valence-corrected chi connectivity index (χ4v) is 2.47. The quantitative estimate of drug-likeness (QED) is 0.724. The van der Waals surface area contributed by atoms with Gasteiger partial charge in [0, 0.05) is 32.3 Å². The molecule has 0 unspecified atom stereocenters. The number of nitrogens with zero attached hydrogens (tertiary/aromatic N) is 3. The molecule has 0 N–H and O–H groups in total. The zero-order valence-corrected chi connectivity index (χ0v) is 12.9. The summed E-state index contributed by atoms with van der Waals surface area (Å²) in [6.45, 7) is 8.19. The zero-order chi connectivity index (χ0) is 15.6. The van der Waals surface area contributed by atoms with E-state index in [9.17, 15) is 0 Å². The van der Waals surface area contributed by atoms with E-state index < -0.39 is 0 Å². The highest BCUT2D eigenvalue weighted by molar-refractivity contribution is 5.24. The van der Waals surface area contributed by atoms with E-state index in [4.69, 9.17) is 14.7 Å². The van der Waals surface area contributed by atoms with E-state index >= 15 is 0 Å². The molecule has 2 heterocycles. The first-order valence-electron chi connectivity index (χ1n) is 7.76. The minimum absolute atomic E-state index is 0.0394. The van der Waals surface area contributed by atoms with Gasteiger partial charge in [-0.05, 0) is 25.3 Å². The summed E-state index contributed by atoms with van der Waals surface area (Å²) in [6.07, 6.45) is 4.78. The zero-order valence-electron chi connectivity index (χ0n) is 12.9. The molecule has 0 saturated carbocycles. The fourth-order valence-electron chi connectivity index (χ4n) is 2.47. The molecular formula is C17H23N3O2. The van der Waals surface area contributed by atoms with Gasteiger partial charge in [0.05, 0.1) is 6.61 Å². The van der Waals surface area contributed by atoms with Crippen LogP contribution in [0.15, 0.2) is 30.9 Å². The molecule has 118 valence electrons. The lowest BCUT2D eigenvalue weighted by atomic mass is 10.1. The molecule has 5 heteroatoms. The predicted octanol–water partition coefficient (Wildman–Crippen LogP) is 2.39. The molecule has 1 aromatic heterocycles. The lowest BCUT2D eigenvalue weighted by molar-refractivity contribution is 0.109. The summed E-state index contributed by atoms with van der Waals surface area (Å²) < 4.78 is 11.5. The van der Waals surface area contributed by atoms with Crippen molar-refractivity contribution >= 4 is 0 Å². The van der Waals surface area contributed by atoms with Gasteiger partial charge in [-0.25, -0.2) is 4.98 Å². The molecule has 1 aromatic rings. The SMILES string of the molecule is C=CCC[C@@H](CN1CCCOCC1)Oc1cccc(C#N)n1. The Labute approximate surface area is 132 Å². The Bertz CT molecular complexity index is 505. The first-order valence-corrected chi connectivity index (χ1v) is 7.76. The van der Waals surface area contributed by atoms with Crippen LogP contribution in [0.3, 0.4) is 0 Å². The van der Waals surface area contributed by atoms with E-state index in [1.165, 1.54) is 0 Å². The topological polar surface area (TPSA) is 58.4 Å². The number of aromatic nitrogens is 1. The van der Waals surface area contributed by atoms with E-state index in [-0.39, 0.29) is 6.10 Å². The monoisotopic (exact) mass is 301 g/mol. The van der Waals surface area contributed by atoms with Gasteiger partial charge in [-0.2, -0.15) is 5.26 Å². The Hall–Kier alpha value is -1.90. The first-order chi connectivity index (χ1) is 10.8. The van der Waals surface area contributed by atoms with Crippen LogP contribution in [0.4, 0.5) is 0 Å². The maximum atomic E-state index is 8.93. The number of hydrogen-bond acceptors (Lipinski definition) is 5. The van der Waals surface area contributed by atoms with Crippen LogP contribution in [-0.2, 0) is 4.74 Å². The van der Waals surface area contributed by atoms with Crippen molar-refractivity contribution in [3.05, 3.63) is 36.5 Å². The number of rotatable bonds is 7. The van der Waals surface area contributed by atoms with E-state index in [1.807, 2.05) is 12.1 Å². The molecule has 1 saturated heterocycles. The first kappa shape index (κ1) is 16.5. The van der Waals surface area contributed by atoms with Crippen molar-refractivity contribution in [2.45, 2.75) is 25.4 Å². The summed E-state index contributed by atoms with van der Waals surface area (Å²) in [7, 11) is 0. The Morgan fingerprint density at radius 3 is 3.18 bits per heavy atom. The molecule has 1 fully saturated rings. The predicted molar refractivity (Wildman–Crippen MR) is 84.7 cm³/mol. The maximum absolute atomic E-state index is 8.93. The van der Waals surface area contributed by atoms with Crippen LogP contribution in [0.5, 0.6) is 5.88 Å². The lowest BCUT2D eigenvalue weighted by Crippen LogP contribution is -2.37. The number of ether oxygens (including phenoxy) is 2. The number of nitriles is 1. The fraction of sp³-hybridized carbons (Fsp3) is 0.529. The van der Waals surface area contributed by atoms with Gasteiger partial charge in [-0.1, -0.05) is 12.1 Å². The van der Waals surface area contributed by atoms with Crippen molar-refractivity contribution in [1.29, 1.82) is 5.26 Å². The van der Waals surface area contributed by atoms with Crippen molar-refractivity contribution in [3.63, 3.8) is 0 Å². The Kier molecular flexibility index (Phi) is 6.88. The van der Waals surface area contributed by atoms with Gasteiger partial charge in [0.2, 0.25) is 5.88 Å². The summed E-state index contributed by atoms with van der Waals surface area (Å²) in [4.78, 5) is 6.57. The van der Waals surface area contributed by atoms with Crippen LogP contribution in [-0.4, -0.2) is 48.8 Å². The van der Waals surface area contributed by atoms with Gasteiger partial charge in [-0.15, -0.1) is 6.58 Å². The van der Waals surface area contributed by atoms with E-state index in [2.05, 4.69) is 16.5 Å². The summed E-state index contributed by atoms with van der Waals surface area (Å²) in [5.41, 5.74) is 0.378. The van der Waals surface area contributed by atoms with Gasteiger partial charge >= 0.3 is 0 Å². The second-order valence-electron chi connectivity index (χ2n) is 5.35. The molecule has 0 aromatic carbocycles. The number of hydrogen-bond donors (Lipinski definition) is 0. The Morgan fingerprint density at radius 1 is 1.45 bits per heavy atom. The Balaban J connectivity index is 1.98.